The molecule has 2 heterocycles. The lowest BCUT2D eigenvalue weighted by molar-refractivity contribution is 0.204. The van der Waals surface area contributed by atoms with Gasteiger partial charge in [0.05, 0.1) is 16.3 Å². The van der Waals surface area contributed by atoms with Crippen molar-refractivity contribution in [3.63, 3.8) is 0 Å². The molecule has 0 radical (unpaired) electrons. The number of thiazole rings is 1. The van der Waals surface area contributed by atoms with Gasteiger partial charge in [0.15, 0.2) is 5.16 Å². The second-order valence-corrected chi connectivity index (χ2v) is 7.40. The molecule has 0 aliphatic heterocycles. The van der Waals surface area contributed by atoms with Crippen LogP contribution in [0.15, 0.2) is 53.7 Å². The number of fused-ring (bicyclic) bond motifs is 3. The molecule has 6 heteroatoms. The molecular formula is C17H15N3OS2. The summed E-state index contributed by atoms with van der Waals surface area (Å²) in [6, 6.07) is 16.2. The first-order valence-corrected chi connectivity index (χ1v) is 9.13. The van der Waals surface area contributed by atoms with E-state index in [4.69, 9.17) is 0 Å². The van der Waals surface area contributed by atoms with Crippen molar-refractivity contribution < 1.29 is 5.11 Å². The molecule has 0 fully saturated rings. The zero-order valence-corrected chi connectivity index (χ0v) is 14.1. The average molecular weight is 341 g/mol. The Hall–Kier alpha value is -1.89. The summed E-state index contributed by atoms with van der Waals surface area (Å²) in [6.45, 7) is 2.04. The van der Waals surface area contributed by atoms with E-state index in [1.54, 1.807) is 11.3 Å². The van der Waals surface area contributed by atoms with Crippen LogP contribution in [0, 0.1) is 6.92 Å². The van der Waals surface area contributed by atoms with Crippen LogP contribution in [0.3, 0.4) is 0 Å². The Morgan fingerprint density at radius 1 is 1.13 bits per heavy atom. The van der Waals surface area contributed by atoms with Crippen LogP contribution in [0.4, 0.5) is 0 Å². The van der Waals surface area contributed by atoms with Crippen LogP contribution in [0.5, 0.6) is 0 Å². The van der Waals surface area contributed by atoms with E-state index in [-0.39, 0.29) is 0 Å². The number of aliphatic hydroxyl groups excluding tert-OH is 1. The first-order valence-electron chi connectivity index (χ1n) is 7.32. The summed E-state index contributed by atoms with van der Waals surface area (Å²) >= 11 is 3.16. The fourth-order valence-electron chi connectivity index (χ4n) is 2.49. The highest BCUT2D eigenvalue weighted by atomic mass is 32.2. The SMILES string of the molecule is Cc1ccc([C@H](O)CSc2nnc3sc4ccccc4n23)cc1. The Morgan fingerprint density at radius 2 is 1.91 bits per heavy atom. The number of aryl methyl sites for hydroxylation is 1. The lowest BCUT2D eigenvalue weighted by Gasteiger charge is -2.10. The van der Waals surface area contributed by atoms with Gasteiger partial charge in [-0.2, -0.15) is 0 Å². The Bertz CT molecular complexity index is 959. The number of aliphatic hydroxyl groups is 1. The highest BCUT2D eigenvalue weighted by Crippen LogP contribution is 2.31. The molecule has 0 amide bonds. The molecule has 4 nitrogen and oxygen atoms in total. The van der Waals surface area contributed by atoms with Gasteiger partial charge in [-0.25, -0.2) is 0 Å². The molecule has 0 bridgehead atoms. The van der Waals surface area contributed by atoms with Crippen molar-refractivity contribution in [1.82, 2.24) is 14.6 Å². The van der Waals surface area contributed by atoms with Gasteiger partial charge in [0.25, 0.3) is 0 Å². The molecule has 0 spiro atoms. The number of para-hydroxylation sites is 1. The van der Waals surface area contributed by atoms with Gasteiger partial charge in [0, 0.05) is 5.75 Å². The number of rotatable bonds is 4. The van der Waals surface area contributed by atoms with E-state index >= 15 is 0 Å². The van der Waals surface area contributed by atoms with Gasteiger partial charge in [-0.3, -0.25) is 4.40 Å². The maximum absolute atomic E-state index is 10.4. The van der Waals surface area contributed by atoms with Crippen molar-refractivity contribution >= 4 is 38.3 Å². The predicted molar refractivity (Wildman–Crippen MR) is 95.2 cm³/mol. The third-order valence-electron chi connectivity index (χ3n) is 3.74. The number of nitrogens with zero attached hydrogens (tertiary/aromatic N) is 3. The largest absolute Gasteiger partial charge is 0.388 e. The highest BCUT2D eigenvalue weighted by Gasteiger charge is 2.15. The Labute approximate surface area is 141 Å². The maximum atomic E-state index is 10.4. The maximum Gasteiger partial charge on any atom is 0.217 e. The molecule has 1 N–H and O–H groups in total. The fourth-order valence-corrected chi connectivity index (χ4v) is 4.42. The second-order valence-electron chi connectivity index (χ2n) is 5.41. The van der Waals surface area contributed by atoms with Gasteiger partial charge in [-0.1, -0.05) is 65.1 Å². The number of hydrogen-bond acceptors (Lipinski definition) is 5. The van der Waals surface area contributed by atoms with E-state index in [9.17, 15) is 5.11 Å². The number of benzene rings is 2. The van der Waals surface area contributed by atoms with Crippen molar-refractivity contribution in [1.29, 1.82) is 0 Å². The quantitative estimate of drug-likeness (QED) is 0.568. The molecule has 2 aromatic heterocycles. The molecule has 4 rings (SSSR count). The minimum atomic E-state index is -0.516. The van der Waals surface area contributed by atoms with E-state index < -0.39 is 6.10 Å². The molecule has 116 valence electrons. The molecule has 1 atom stereocenters. The molecule has 0 unspecified atom stereocenters. The third kappa shape index (κ3) is 2.73. The molecule has 4 aromatic rings. The highest BCUT2D eigenvalue weighted by molar-refractivity contribution is 7.99. The summed E-state index contributed by atoms with van der Waals surface area (Å²) < 4.78 is 3.25. The number of thioether (sulfide) groups is 1. The number of hydrogen-bond donors (Lipinski definition) is 1. The first kappa shape index (κ1) is 14.7. The molecule has 2 aromatic carbocycles. The zero-order valence-electron chi connectivity index (χ0n) is 12.5. The second kappa shape index (κ2) is 5.96. The topological polar surface area (TPSA) is 50.4 Å². The first-order chi connectivity index (χ1) is 11.2. The van der Waals surface area contributed by atoms with Crippen molar-refractivity contribution in [2.45, 2.75) is 18.2 Å². The zero-order chi connectivity index (χ0) is 15.8. The van der Waals surface area contributed by atoms with Crippen LogP contribution in [-0.2, 0) is 0 Å². The fraction of sp³-hybridized carbons (Fsp3) is 0.176. The smallest absolute Gasteiger partial charge is 0.217 e. The van der Waals surface area contributed by atoms with Gasteiger partial charge in [-0.05, 0) is 24.6 Å². The monoisotopic (exact) mass is 341 g/mol. The summed E-state index contributed by atoms with van der Waals surface area (Å²) in [6.07, 6.45) is -0.516. The van der Waals surface area contributed by atoms with Gasteiger partial charge in [-0.15, -0.1) is 10.2 Å². The molecular weight excluding hydrogens is 326 g/mol. The lowest BCUT2D eigenvalue weighted by atomic mass is 10.1. The Balaban J connectivity index is 1.59. The number of aromatic nitrogens is 3. The van der Waals surface area contributed by atoms with Crippen molar-refractivity contribution in [2.24, 2.45) is 0 Å². The van der Waals surface area contributed by atoms with E-state index in [1.807, 2.05) is 43.3 Å². The van der Waals surface area contributed by atoms with Crippen molar-refractivity contribution in [3.05, 3.63) is 59.7 Å². The van der Waals surface area contributed by atoms with E-state index in [1.165, 1.54) is 22.0 Å². The van der Waals surface area contributed by atoms with Crippen molar-refractivity contribution in [3.8, 4) is 0 Å². The van der Waals surface area contributed by atoms with Crippen LogP contribution >= 0.6 is 23.1 Å². The van der Waals surface area contributed by atoms with Gasteiger partial charge < -0.3 is 5.11 Å². The summed E-state index contributed by atoms with van der Waals surface area (Å²) in [5.41, 5.74) is 3.24. The molecule has 0 saturated carbocycles. The molecule has 0 aliphatic carbocycles. The molecule has 0 saturated heterocycles. The minimum absolute atomic E-state index is 0.516. The van der Waals surface area contributed by atoms with Crippen LogP contribution in [0.25, 0.3) is 15.2 Å². The summed E-state index contributed by atoms with van der Waals surface area (Å²) in [7, 11) is 0. The van der Waals surface area contributed by atoms with Crippen LogP contribution in [0.1, 0.15) is 17.2 Å². The van der Waals surface area contributed by atoms with E-state index in [0.717, 1.165) is 21.2 Å². The van der Waals surface area contributed by atoms with E-state index in [0.29, 0.717) is 5.75 Å². The van der Waals surface area contributed by atoms with Crippen LogP contribution in [-0.4, -0.2) is 25.5 Å². The standard InChI is InChI=1S/C17H15N3OS2/c1-11-6-8-12(9-7-11)14(21)10-22-16-18-19-17-20(16)13-4-2-3-5-15(13)23-17/h2-9,14,21H,10H2,1H3/t14-/m1/s1. The predicted octanol–water partition coefficient (Wildman–Crippen LogP) is 4.08. The van der Waals surface area contributed by atoms with Gasteiger partial charge >= 0.3 is 0 Å². The minimum Gasteiger partial charge on any atom is -0.388 e. The lowest BCUT2D eigenvalue weighted by Crippen LogP contribution is -2.01. The molecule has 23 heavy (non-hydrogen) atoms. The Kier molecular flexibility index (Phi) is 3.80. The van der Waals surface area contributed by atoms with Gasteiger partial charge in [0.1, 0.15) is 0 Å². The average Bonchev–Trinajstić information content (AvgIpc) is 3.12. The Morgan fingerprint density at radius 3 is 2.74 bits per heavy atom. The van der Waals surface area contributed by atoms with Gasteiger partial charge in [0.2, 0.25) is 4.96 Å². The summed E-state index contributed by atoms with van der Waals surface area (Å²) in [5.74, 6) is 0.550. The van der Waals surface area contributed by atoms with Crippen LogP contribution < -0.4 is 0 Å². The van der Waals surface area contributed by atoms with Crippen LogP contribution in [0.2, 0.25) is 0 Å². The normalized spacial score (nSPS) is 13.0. The van der Waals surface area contributed by atoms with E-state index in [2.05, 4.69) is 26.7 Å². The van der Waals surface area contributed by atoms with Crippen molar-refractivity contribution in [2.75, 3.05) is 5.75 Å². The summed E-state index contributed by atoms with van der Waals surface area (Å²) in [5, 5.41) is 19.7. The molecule has 0 aliphatic rings. The third-order valence-corrected chi connectivity index (χ3v) is 5.76. The summed E-state index contributed by atoms with van der Waals surface area (Å²) in [4.78, 5) is 0.888.